The normalized spacial score (nSPS) is 8.13. The van der Waals surface area contributed by atoms with Gasteiger partial charge in [0.1, 0.15) is 12.6 Å². The van der Waals surface area contributed by atoms with Gasteiger partial charge in [0.2, 0.25) is 0 Å². The van der Waals surface area contributed by atoms with E-state index in [-0.39, 0.29) is 12.4 Å². The molecule has 0 aliphatic carbocycles. The van der Waals surface area contributed by atoms with Crippen molar-refractivity contribution >= 4 is 22.7 Å². The average molecular weight is 279 g/mol. The summed E-state index contributed by atoms with van der Waals surface area (Å²) >= 11 is 3.15. The van der Waals surface area contributed by atoms with Gasteiger partial charge in [-0.3, -0.25) is 0 Å². The highest BCUT2D eigenvalue weighted by molar-refractivity contribution is 9.10. The summed E-state index contributed by atoms with van der Waals surface area (Å²) in [5.74, 6) is -0.362. The van der Waals surface area contributed by atoms with Gasteiger partial charge >= 0.3 is 0 Å². The Morgan fingerprint density at radius 2 is 1.87 bits per heavy atom. The van der Waals surface area contributed by atoms with Crippen molar-refractivity contribution in [3.05, 3.63) is 33.5 Å². The lowest BCUT2D eigenvalue weighted by molar-refractivity contribution is -0.0979. The first kappa shape index (κ1) is 16.7. The zero-order valence-electron chi connectivity index (χ0n) is 9.18. The van der Waals surface area contributed by atoms with Gasteiger partial charge in [-0.1, -0.05) is 29.8 Å². The molecule has 0 unspecified atom stereocenters. The monoisotopic (exact) mass is 278 g/mol. The molecule has 1 rings (SSSR count). The fraction of sp³-hybridized carbons (Fsp3) is 0.364. The molecular formula is C11H16BrFO2. The minimum Gasteiger partial charge on any atom is -0.392 e. The first-order chi connectivity index (χ1) is 7.15. The zero-order valence-corrected chi connectivity index (χ0v) is 10.8. The highest BCUT2D eigenvalue weighted by Gasteiger charge is 2.04. The first-order valence-electron chi connectivity index (χ1n) is 4.49. The summed E-state index contributed by atoms with van der Waals surface area (Å²) in [7, 11) is 0. The van der Waals surface area contributed by atoms with Crippen LogP contribution in [0.5, 0.6) is 0 Å². The fourth-order valence-corrected chi connectivity index (χ4v) is 1.48. The summed E-state index contributed by atoms with van der Waals surface area (Å²) in [5.41, 5.74) is 1.13. The number of aryl methyl sites for hydroxylation is 1. The van der Waals surface area contributed by atoms with Crippen LogP contribution in [0.2, 0.25) is 0 Å². The molecule has 0 amide bonds. The smallest absolute Gasteiger partial charge is 0.130 e. The predicted octanol–water partition coefficient (Wildman–Crippen LogP) is 3.23. The third-order valence-corrected chi connectivity index (χ3v) is 2.00. The van der Waals surface area contributed by atoms with Gasteiger partial charge in [0.05, 0.1) is 6.61 Å². The molecule has 2 nitrogen and oxygen atoms in total. The third-order valence-electron chi connectivity index (χ3n) is 1.54. The molecule has 86 valence electrons. The summed E-state index contributed by atoms with van der Waals surface area (Å²) in [6.07, 6.45) is 0. The highest BCUT2D eigenvalue weighted by Crippen LogP contribution is 2.19. The summed E-state index contributed by atoms with van der Waals surface area (Å²) in [6.45, 7) is 7.52. The number of hydrogen-bond acceptors (Lipinski definition) is 2. The number of rotatable bonds is 1. The molecule has 0 saturated carbocycles. The molecule has 15 heavy (non-hydrogen) atoms. The van der Waals surface area contributed by atoms with Crippen LogP contribution in [0.25, 0.3) is 0 Å². The van der Waals surface area contributed by atoms with E-state index in [2.05, 4.69) is 15.9 Å². The number of carbonyl (C=O) groups excluding carboxylic acids is 1. The standard InChI is InChI=1S/C8H8BrFO.C2H6.CH2O/c1-5-2-6(9)3-8(10)7(5)4-11;2*1-2/h2-3,11H,4H2,1H3;1-2H3;1H2. The quantitative estimate of drug-likeness (QED) is 0.857. The van der Waals surface area contributed by atoms with Gasteiger partial charge in [0.25, 0.3) is 0 Å². The molecule has 0 heterocycles. The molecule has 1 aromatic carbocycles. The first-order valence-corrected chi connectivity index (χ1v) is 5.28. The fourth-order valence-electron chi connectivity index (χ4n) is 0.932. The Balaban J connectivity index is 0. The van der Waals surface area contributed by atoms with Crippen LogP contribution in [0.15, 0.2) is 16.6 Å². The van der Waals surface area contributed by atoms with Crippen molar-refractivity contribution in [1.82, 2.24) is 0 Å². The molecule has 1 N–H and O–H groups in total. The van der Waals surface area contributed by atoms with Gasteiger partial charge in [-0.05, 0) is 24.6 Å². The molecule has 0 atom stereocenters. The zero-order chi connectivity index (χ0) is 12.4. The number of hydrogen-bond donors (Lipinski definition) is 1. The summed E-state index contributed by atoms with van der Waals surface area (Å²) in [6, 6.07) is 3.12. The van der Waals surface area contributed by atoms with Crippen LogP contribution in [0, 0.1) is 12.7 Å². The summed E-state index contributed by atoms with van der Waals surface area (Å²) < 4.78 is 13.6. The van der Waals surface area contributed by atoms with Gasteiger partial charge in [0.15, 0.2) is 0 Å². The number of benzene rings is 1. The molecule has 0 fully saturated rings. The third kappa shape index (κ3) is 5.64. The van der Waals surface area contributed by atoms with E-state index in [1.807, 2.05) is 20.6 Å². The van der Waals surface area contributed by atoms with Crippen LogP contribution >= 0.6 is 15.9 Å². The van der Waals surface area contributed by atoms with E-state index >= 15 is 0 Å². The maximum Gasteiger partial charge on any atom is 0.130 e. The van der Waals surface area contributed by atoms with Crippen LogP contribution < -0.4 is 0 Å². The van der Waals surface area contributed by atoms with E-state index in [1.54, 1.807) is 13.0 Å². The van der Waals surface area contributed by atoms with Crippen LogP contribution in [0.4, 0.5) is 4.39 Å². The second-order valence-corrected chi connectivity index (χ2v) is 3.26. The Labute approximate surface area is 98.3 Å². The molecule has 0 aliphatic rings. The van der Waals surface area contributed by atoms with Gasteiger partial charge in [-0.2, -0.15) is 0 Å². The van der Waals surface area contributed by atoms with Gasteiger partial charge < -0.3 is 9.90 Å². The lowest BCUT2D eigenvalue weighted by Crippen LogP contribution is -1.93. The Kier molecular flexibility index (Phi) is 10.9. The van der Waals surface area contributed by atoms with Crippen molar-refractivity contribution in [1.29, 1.82) is 0 Å². The van der Waals surface area contributed by atoms with Crippen LogP contribution in [-0.2, 0) is 11.4 Å². The van der Waals surface area contributed by atoms with Crippen LogP contribution in [-0.4, -0.2) is 11.9 Å². The largest absolute Gasteiger partial charge is 0.392 e. The topological polar surface area (TPSA) is 37.3 Å². The molecule has 0 spiro atoms. The van der Waals surface area contributed by atoms with Crippen LogP contribution in [0.3, 0.4) is 0 Å². The Bertz CT molecular complexity index is 267. The number of aliphatic hydroxyl groups is 1. The summed E-state index contributed by atoms with van der Waals surface area (Å²) in [5, 5.41) is 8.73. The second kappa shape index (κ2) is 9.80. The predicted molar refractivity (Wildman–Crippen MR) is 63.2 cm³/mol. The van der Waals surface area contributed by atoms with E-state index in [4.69, 9.17) is 9.90 Å². The van der Waals surface area contributed by atoms with E-state index in [0.717, 1.165) is 5.56 Å². The molecule has 0 aliphatic heterocycles. The maximum absolute atomic E-state index is 12.9. The average Bonchev–Trinajstić information content (AvgIpc) is 2.23. The van der Waals surface area contributed by atoms with Crippen molar-refractivity contribution in [2.24, 2.45) is 0 Å². The van der Waals surface area contributed by atoms with E-state index < -0.39 is 0 Å². The van der Waals surface area contributed by atoms with Crippen molar-refractivity contribution in [3.8, 4) is 0 Å². The van der Waals surface area contributed by atoms with E-state index in [1.165, 1.54) is 6.07 Å². The lowest BCUT2D eigenvalue weighted by Gasteiger charge is -2.03. The number of halogens is 2. The molecule has 1 aromatic rings. The van der Waals surface area contributed by atoms with Crippen molar-refractivity contribution < 1.29 is 14.3 Å². The lowest BCUT2D eigenvalue weighted by atomic mass is 10.1. The molecule has 0 saturated heterocycles. The Hall–Kier alpha value is -0.740. The van der Waals surface area contributed by atoms with Crippen molar-refractivity contribution in [2.45, 2.75) is 27.4 Å². The molecule has 4 heteroatoms. The van der Waals surface area contributed by atoms with Gasteiger partial charge in [-0.25, -0.2) is 4.39 Å². The molecule has 0 bridgehead atoms. The highest BCUT2D eigenvalue weighted by atomic mass is 79.9. The SMILES string of the molecule is C=O.CC.Cc1cc(Br)cc(F)c1CO. The van der Waals surface area contributed by atoms with Crippen molar-refractivity contribution in [2.75, 3.05) is 0 Å². The second-order valence-electron chi connectivity index (χ2n) is 2.34. The summed E-state index contributed by atoms with van der Waals surface area (Å²) in [4.78, 5) is 8.00. The molecule has 0 radical (unpaired) electrons. The van der Waals surface area contributed by atoms with E-state index in [9.17, 15) is 4.39 Å². The minimum atomic E-state index is -0.362. The maximum atomic E-state index is 12.9. The van der Waals surface area contributed by atoms with Gasteiger partial charge in [0, 0.05) is 10.0 Å². The van der Waals surface area contributed by atoms with Crippen LogP contribution in [0.1, 0.15) is 25.0 Å². The number of carbonyl (C=O) groups is 1. The van der Waals surface area contributed by atoms with E-state index in [0.29, 0.717) is 10.0 Å². The molecular weight excluding hydrogens is 263 g/mol. The molecule has 0 aromatic heterocycles. The Morgan fingerprint density at radius 1 is 1.40 bits per heavy atom. The van der Waals surface area contributed by atoms with Crippen molar-refractivity contribution in [3.63, 3.8) is 0 Å². The van der Waals surface area contributed by atoms with Gasteiger partial charge in [-0.15, -0.1) is 0 Å². The Morgan fingerprint density at radius 3 is 2.20 bits per heavy atom. The minimum absolute atomic E-state index is 0.245. The number of aliphatic hydroxyl groups excluding tert-OH is 1.